The fourth-order valence-electron chi connectivity index (χ4n) is 2.97. The van der Waals surface area contributed by atoms with E-state index >= 15 is 0 Å². The molecule has 156 valence electrons. The third-order valence-electron chi connectivity index (χ3n) is 4.20. The Morgan fingerprint density at radius 1 is 1.00 bits per heavy atom. The number of fused-ring (bicyclic) bond motifs is 1. The van der Waals surface area contributed by atoms with Crippen molar-refractivity contribution in [2.75, 3.05) is 10.6 Å². The van der Waals surface area contributed by atoms with Crippen LogP contribution in [0, 0.1) is 19.7 Å². The number of ether oxygens (including phenoxy) is 1. The molecule has 2 aromatic carbocycles. The largest absolute Gasteiger partial charge is 0.444 e. The van der Waals surface area contributed by atoms with Gasteiger partial charge in [0.1, 0.15) is 11.4 Å². The Bertz CT molecular complexity index is 1140. The number of hydrogen-bond acceptors (Lipinski definition) is 4. The first-order valence-corrected chi connectivity index (χ1v) is 9.51. The minimum Gasteiger partial charge on any atom is -0.444 e. The lowest BCUT2D eigenvalue weighted by Crippen LogP contribution is -2.27. The van der Waals surface area contributed by atoms with Crippen LogP contribution in [0.3, 0.4) is 0 Å². The first-order valence-electron chi connectivity index (χ1n) is 9.51. The topological polar surface area (TPSA) is 80.3 Å². The van der Waals surface area contributed by atoms with Gasteiger partial charge in [-0.1, -0.05) is 11.6 Å². The predicted molar refractivity (Wildman–Crippen MR) is 115 cm³/mol. The number of halogens is 1. The molecule has 0 spiro atoms. The molecule has 2 N–H and O–H groups in total. The smallest absolute Gasteiger partial charge is 0.412 e. The Balaban J connectivity index is 1.87. The Morgan fingerprint density at radius 2 is 1.73 bits per heavy atom. The van der Waals surface area contributed by atoms with Crippen LogP contribution in [0.2, 0.25) is 0 Å². The number of amides is 2. The highest BCUT2D eigenvalue weighted by molar-refractivity contribution is 6.12. The third kappa shape index (κ3) is 5.11. The number of anilines is 2. The van der Waals surface area contributed by atoms with E-state index in [1.807, 2.05) is 32.0 Å². The number of aromatic nitrogens is 1. The number of hydrogen-bond donors (Lipinski definition) is 2. The first kappa shape index (κ1) is 21.2. The Kier molecular flexibility index (Phi) is 5.73. The monoisotopic (exact) mass is 409 g/mol. The summed E-state index contributed by atoms with van der Waals surface area (Å²) in [7, 11) is 0. The number of rotatable bonds is 3. The Morgan fingerprint density at radius 3 is 2.43 bits per heavy atom. The molecule has 0 saturated carbocycles. The molecule has 0 atom stereocenters. The minimum absolute atomic E-state index is 0.0892. The second-order valence-electron chi connectivity index (χ2n) is 8.11. The van der Waals surface area contributed by atoms with E-state index in [2.05, 4.69) is 15.6 Å². The van der Waals surface area contributed by atoms with Gasteiger partial charge in [-0.3, -0.25) is 15.1 Å². The van der Waals surface area contributed by atoms with E-state index in [4.69, 9.17) is 4.74 Å². The second kappa shape index (κ2) is 8.10. The molecule has 3 aromatic rings. The van der Waals surface area contributed by atoms with Gasteiger partial charge in [0.25, 0.3) is 5.91 Å². The maximum absolute atomic E-state index is 14.1. The summed E-state index contributed by atoms with van der Waals surface area (Å²) in [6, 6.07) is 11.4. The van der Waals surface area contributed by atoms with Gasteiger partial charge in [0, 0.05) is 16.8 Å². The van der Waals surface area contributed by atoms with Crippen molar-refractivity contribution in [1.29, 1.82) is 0 Å². The van der Waals surface area contributed by atoms with Gasteiger partial charge in [0.2, 0.25) is 0 Å². The highest BCUT2D eigenvalue weighted by atomic mass is 19.1. The summed E-state index contributed by atoms with van der Waals surface area (Å²) in [6.07, 6.45) is -0.781. The number of carbonyl (C=O) groups excluding carboxylic acids is 2. The summed E-state index contributed by atoms with van der Waals surface area (Å²) in [5, 5.41) is 5.86. The molecule has 30 heavy (non-hydrogen) atoms. The lowest BCUT2D eigenvalue weighted by molar-refractivity contribution is 0.0635. The van der Waals surface area contributed by atoms with Gasteiger partial charge >= 0.3 is 6.09 Å². The first-order chi connectivity index (χ1) is 14.0. The van der Waals surface area contributed by atoms with Crippen molar-refractivity contribution < 1.29 is 18.7 Å². The van der Waals surface area contributed by atoms with Crippen LogP contribution >= 0.6 is 0 Å². The van der Waals surface area contributed by atoms with Gasteiger partial charge < -0.3 is 10.1 Å². The van der Waals surface area contributed by atoms with E-state index in [0.717, 1.165) is 16.5 Å². The molecule has 0 bridgehead atoms. The molecule has 2 amide bonds. The number of nitrogens with one attached hydrogen (secondary N) is 2. The molecule has 0 aliphatic carbocycles. The van der Waals surface area contributed by atoms with Crippen molar-refractivity contribution in [3.8, 4) is 0 Å². The van der Waals surface area contributed by atoms with E-state index in [1.165, 1.54) is 18.2 Å². The van der Waals surface area contributed by atoms with Crippen molar-refractivity contribution in [1.82, 2.24) is 4.98 Å². The van der Waals surface area contributed by atoms with Crippen molar-refractivity contribution in [2.45, 2.75) is 40.2 Å². The van der Waals surface area contributed by atoms with Gasteiger partial charge in [-0.15, -0.1) is 0 Å². The van der Waals surface area contributed by atoms with Crippen LogP contribution in [-0.4, -0.2) is 22.6 Å². The zero-order chi connectivity index (χ0) is 22.1. The second-order valence-corrected chi connectivity index (χ2v) is 8.11. The summed E-state index contributed by atoms with van der Waals surface area (Å²) in [5.41, 5.74) is 2.43. The van der Waals surface area contributed by atoms with Gasteiger partial charge in [0.05, 0.1) is 16.8 Å². The van der Waals surface area contributed by atoms with Crippen LogP contribution in [0.4, 0.5) is 20.6 Å². The van der Waals surface area contributed by atoms with Crippen LogP contribution in [-0.2, 0) is 4.74 Å². The number of benzene rings is 2. The average Bonchev–Trinajstić information content (AvgIpc) is 2.62. The summed E-state index contributed by atoms with van der Waals surface area (Å²) in [6.45, 7) is 8.89. The summed E-state index contributed by atoms with van der Waals surface area (Å²) in [5.74, 6) is -0.995. The van der Waals surface area contributed by atoms with Crippen LogP contribution in [0.1, 0.15) is 42.4 Å². The number of pyridine rings is 1. The van der Waals surface area contributed by atoms with Gasteiger partial charge in [-0.05, 0) is 71.0 Å². The quantitative estimate of drug-likeness (QED) is 0.591. The third-order valence-corrected chi connectivity index (χ3v) is 4.20. The Labute approximate surface area is 174 Å². The molecule has 0 aliphatic heterocycles. The molecule has 0 unspecified atom stereocenters. The SMILES string of the molecule is Cc1ccc2nc(C)cc(C(=O)Nc3ccc(F)c(NC(=O)OC(C)(C)C)c3)c2c1. The molecule has 0 fully saturated rings. The van der Waals surface area contributed by atoms with E-state index in [0.29, 0.717) is 16.9 Å². The molecular formula is C23H24FN3O3. The minimum atomic E-state index is -0.781. The van der Waals surface area contributed by atoms with E-state index < -0.39 is 17.5 Å². The fraction of sp³-hybridized carbons (Fsp3) is 0.261. The van der Waals surface area contributed by atoms with Crippen LogP contribution in [0.5, 0.6) is 0 Å². The summed E-state index contributed by atoms with van der Waals surface area (Å²) >= 11 is 0. The lowest BCUT2D eigenvalue weighted by Gasteiger charge is -2.20. The molecule has 6 nitrogen and oxygen atoms in total. The van der Waals surface area contributed by atoms with E-state index in [9.17, 15) is 14.0 Å². The molecule has 1 aromatic heterocycles. The number of carbonyl (C=O) groups is 2. The normalized spacial score (nSPS) is 11.3. The van der Waals surface area contributed by atoms with Crippen LogP contribution < -0.4 is 10.6 Å². The zero-order valence-electron chi connectivity index (χ0n) is 17.6. The maximum Gasteiger partial charge on any atom is 0.412 e. The number of nitrogens with zero attached hydrogens (tertiary/aromatic N) is 1. The zero-order valence-corrected chi connectivity index (χ0v) is 17.6. The standard InChI is InChI=1S/C23H24FN3O3/c1-13-6-9-19-16(10-13)17(11-14(2)25-19)21(28)26-15-7-8-18(24)20(12-15)27-22(29)30-23(3,4)5/h6-12H,1-5H3,(H,26,28)(H,27,29). The summed E-state index contributed by atoms with van der Waals surface area (Å²) < 4.78 is 19.3. The molecule has 0 aliphatic rings. The fourth-order valence-corrected chi connectivity index (χ4v) is 2.97. The van der Waals surface area contributed by atoms with Gasteiger partial charge in [-0.25, -0.2) is 9.18 Å². The maximum atomic E-state index is 14.1. The van der Waals surface area contributed by atoms with Crippen molar-refractivity contribution in [3.63, 3.8) is 0 Å². The molecule has 1 heterocycles. The predicted octanol–water partition coefficient (Wildman–Crippen LogP) is 5.59. The highest BCUT2D eigenvalue weighted by Crippen LogP contribution is 2.24. The highest BCUT2D eigenvalue weighted by Gasteiger charge is 2.18. The average molecular weight is 409 g/mol. The lowest BCUT2D eigenvalue weighted by atomic mass is 10.0. The molecule has 3 rings (SSSR count). The number of aryl methyl sites for hydroxylation is 2. The van der Waals surface area contributed by atoms with E-state index in [-0.39, 0.29) is 11.6 Å². The van der Waals surface area contributed by atoms with Gasteiger partial charge in [-0.2, -0.15) is 0 Å². The summed E-state index contributed by atoms with van der Waals surface area (Å²) in [4.78, 5) is 29.4. The molecule has 0 radical (unpaired) electrons. The molecule has 7 heteroatoms. The van der Waals surface area contributed by atoms with Crippen molar-refractivity contribution >= 4 is 34.3 Å². The van der Waals surface area contributed by atoms with E-state index in [1.54, 1.807) is 26.8 Å². The van der Waals surface area contributed by atoms with Crippen molar-refractivity contribution in [2.24, 2.45) is 0 Å². The van der Waals surface area contributed by atoms with Crippen LogP contribution in [0.25, 0.3) is 10.9 Å². The van der Waals surface area contributed by atoms with Gasteiger partial charge in [0.15, 0.2) is 0 Å². The molecular weight excluding hydrogens is 385 g/mol. The van der Waals surface area contributed by atoms with Crippen LogP contribution in [0.15, 0.2) is 42.5 Å². The van der Waals surface area contributed by atoms with Crippen molar-refractivity contribution in [3.05, 3.63) is 65.1 Å². The molecule has 0 saturated heterocycles. The Hall–Kier alpha value is -3.48.